The van der Waals surface area contributed by atoms with Crippen LogP contribution in [0.15, 0.2) is 59.0 Å². The van der Waals surface area contributed by atoms with E-state index >= 15 is 0 Å². The SMILES string of the molecule is O=C(Nc1ccc2oc(-c3cc(F)c(F)cc3Cl)nc2c1)c1ccccc1Cl. The van der Waals surface area contributed by atoms with Crippen LogP contribution in [0.3, 0.4) is 0 Å². The molecular weight excluding hydrogens is 409 g/mol. The van der Waals surface area contributed by atoms with Gasteiger partial charge in [0.25, 0.3) is 5.91 Å². The Morgan fingerprint density at radius 2 is 1.71 bits per heavy atom. The monoisotopic (exact) mass is 418 g/mol. The zero-order chi connectivity index (χ0) is 19.8. The molecule has 140 valence electrons. The van der Waals surface area contributed by atoms with Crippen molar-refractivity contribution in [3.05, 3.63) is 81.8 Å². The summed E-state index contributed by atoms with van der Waals surface area (Å²) in [6.07, 6.45) is 0. The second-order valence-electron chi connectivity index (χ2n) is 5.88. The molecule has 28 heavy (non-hydrogen) atoms. The van der Waals surface area contributed by atoms with Crippen molar-refractivity contribution in [2.75, 3.05) is 5.32 Å². The first-order chi connectivity index (χ1) is 13.4. The molecule has 4 aromatic rings. The second-order valence-corrected chi connectivity index (χ2v) is 6.70. The number of hydrogen-bond donors (Lipinski definition) is 1. The third kappa shape index (κ3) is 3.44. The highest BCUT2D eigenvalue weighted by Gasteiger charge is 2.16. The van der Waals surface area contributed by atoms with E-state index in [9.17, 15) is 13.6 Å². The van der Waals surface area contributed by atoms with Gasteiger partial charge in [-0.3, -0.25) is 4.79 Å². The summed E-state index contributed by atoms with van der Waals surface area (Å²) < 4.78 is 32.4. The molecule has 4 nitrogen and oxygen atoms in total. The summed E-state index contributed by atoms with van der Waals surface area (Å²) in [7, 11) is 0. The van der Waals surface area contributed by atoms with E-state index in [-0.39, 0.29) is 22.4 Å². The molecule has 0 bridgehead atoms. The van der Waals surface area contributed by atoms with E-state index in [0.717, 1.165) is 12.1 Å². The molecule has 0 atom stereocenters. The minimum Gasteiger partial charge on any atom is -0.436 e. The minimum absolute atomic E-state index is 0.0299. The Balaban J connectivity index is 1.67. The highest BCUT2D eigenvalue weighted by atomic mass is 35.5. The molecule has 1 N–H and O–H groups in total. The molecule has 0 saturated heterocycles. The van der Waals surface area contributed by atoms with Crippen LogP contribution in [-0.4, -0.2) is 10.9 Å². The maximum absolute atomic E-state index is 13.5. The largest absolute Gasteiger partial charge is 0.436 e. The Kier molecular flexibility index (Phi) is 4.75. The summed E-state index contributed by atoms with van der Waals surface area (Å²) in [5.74, 6) is -2.46. The Morgan fingerprint density at radius 1 is 0.964 bits per heavy atom. The van der Waals surface area contributed by atoms with Gasteiger partial charge in [-0.2, -0.15) is 0 Å². The van der Waals surface area contributed by atoms with Crippen LogP contribution in [-0.2, 0) is 0 Å². The molecule has 1 heterocycles. The number of anilines is 1. The van der Waals surface area contributed by atoms with Gasteiger partial charge >= 0.3 is 0 Å². The van der Waals surface area contributed by atoms with E-state index in [0.29, 0.717) is 27.4 Å². The van der Waals surface area contributed by atoms with Crippen LogP contribution < -0.4 is 5.32 Å². The molecule has 0 unspecified atom stereocenters. The highest BCUT2D eigenvalue weighted by Crippen LogP contribution is 2.32. The molecule has 1 amide bonds. The van der Waals surface area contributed by atoms with Crippen LogP contribution in [0.2, 0.25) is 10.0 Å². The molecule has 0 saturated carbocycles. The van der Waals surface area contributed by atoms with Crippen molar-refractivity contribution in [3.63, 3.8) is 0 Å². The summed E-state index contributed by atoms with van der Waals surface area (Å²) in [5, 5.41) is 3.03. The van der Waals surface area contributed by atoms with E-state index < -0.39 is 11.6 Å². The third-order valence-electron chi connectivity index (χ3n) is 4.00. The van der Waals surface area contributed by atoms with Crippen LogP contribution in [0.4, 0.5) is 14.5 Å². The maximum Gasteiger partial charge on any atom is 0.257 e. The fraction of sp³-hybridized carbons (Fsp3) is 0. The van der Waals surface area contributed by atoms with E-state index in [4.69, 9.17) is 27.6 Å². The standard InChI is InChI=1S/C20H10Cl2F2N2O2/c21-13-4-2-1-3-11(13)19(27)25-10-5-6-18-17(7-10)26-20(28-18)12-8-15(23)16(24)9-14(12)22/h1-9H,(H,25,27). The Hall–Kier alpha value is -2.96. The second kappa shape index (κ2) is 7.22. The van der Waals surface area contributed by atoms with Gasteiger partial charge in [-0.05, 0) is 42.5 Å². The van der Waals surface area contributed by atoms with Crippen molar-refractivity contribution >= 4 is 45.9 Å². The number of carbonyl (C=O) groups is 1. The van der Waals surface area contributed by atoms with Gasteiger partial charge in [0.15, 0.2) is 17.2 Å². The summed E-state index contributed by atoms with van der Waals surface area (Å²) in [6, 6.07) is 13.2. The predicted molar refractivity (Wildman–Crippen MR) is 104 cm³/mol. The summed E-state index contributed by atoms with van der Waals surface area (Å²) in [6.45, 7) is 0. The molecule has 1 aromatic heterocycles. The van der Waals surface area contributed by atoms with Gasteiger partial charge in [-0.25, -0.2) is 13.8 Å². The van der Waals surface area contributed by atoms with Crippen molar-refractivity contribution in [1.82, 2.24) is 4.98 Å². The van der Waals surface area contributed by atoms with E-state index in [1.807, 2.05) is 0 Å². The van der Waals surface area contributed by atoms with Crippen LogP contribution in [0.5, 0.6) is 0 Å². The predicted octanol–water partition coefficient (Wildman–Crippen LogP) is 6.33. The Labute approximate surface area is 167 Å². The lowest BCUT2D eigenvalue weighted by Gasteiger charge is -2.06. The van der Waals surface area contributed by atoms with Gasteiger partial charge in [0.05, 0.1) is 21.2 Å². The first kappa shape index (κ1) is 18.4. The fourth-order valence-corrected chi connectivity index (χ4v) is 3.10. The van der Waals surface area contributed by atoms with Gasteiger partial charge in [0.2, 0.25) is 5.89 Å². The Morgan fingerprint density at radius 3 is 2.50 bits per heavy atom. The number of rotatable bonds is 3. The molecule has 0 aliphatic carbocycles. The topological polar surface area (TPSA) is 55.1 Å². The van der Waals surface area contributed by atoms with Crippen LogP contribution in [0.1, 0.15) is 10.4 Å². The van der Waals surface area contributed by atoms with Gasteiger partial charge in [0.1, 0.15) is 5.52 Å². The zero-order valence-electron chi connectivity index (χ0n) is 14.0. The van der Waals surface area contributed by atoms with Gasteiger partial charge in [0, 0.05) is 5.69 Å². The van der Waals surface area contributed by atoms with Crippen molar-refractivity contribution < 1.29 is 18.0 Å². The lowest BCUT2D eigenvalue weighted by molar-refractivity contribution is 0.102. The summed E-state index contributed by atoms with van der Waals surface area (Å²) in [4.78, 5) is 16.6. The lowest BCUT2D eigenvalue weighted by atomic mass is 10.2. The van der Waals surface area contributed by atoms with Crippen molar-refractivity contribution in [3.8, 4) is 11.5 Å². The van der Waals surface area contributed by atoms with Crippen molar-refractivity contribution in [2.45, 2.75) is 0 Å². The molecule has 0 radical (unpaired) electrons. The number of halogens is 4. The summed E-state index contributed by atoms with van der Waals surface area (Å²) in [5.41, 5.74) is 1.73. The normalized spacial score (nSPS) is 11.0. The number of aromatic nitrogens is 1. The number of amides is 1. The number of fused-ring (bicyclic) bond motifs is 1. The number of hydrogen-bond acceptors (Lipinski definition) is 3. The van der Waals surface area contributed by atoms with Crippen molar-refractivity contribution in [1.29, 1.82) is 0 Å². The number of nitrogens with one attached hydrogen (secondary N) is 1. The first-order valence-corrected chi connectivity index (χ1v) is 8.79. The minimum atomic E-state index is -1.06. The molecule has 0 aliphatic rings. The smallest absolute Gasteiger partial charge is 0.257 e. The molecular formula is C20H10Cl2F2N2O2. The van der Waals surface area contributed by atoms with Gasteiger partial charge in [-0.15, -0.1) is 0 Å². The molecule has 4 rings (SSSR count). The molecule has 3 aromatic carbocycles. The molecule has 0 spiro atoms. The van der Waals surface area contributed by atoms with Gasteiger partial charge in [-0.1, -0.05) is 35.3 Å². The van der Waals surface area contributed by atoms with Crippen LogP contribution in [0.25, 0.3) is 22.6 Å². The maximum atomic E-state index is 13.5. The van der Waals surface area contributed by atoms with Crippen LogP contribution in [0, 0.1) is 11.6 Å². The first-order valence-electron chi connectivity index (χ1n) is 8.04. The Bertz CT molecular complexity index is 1220. The highest BCUT2D eigenvalue weighted by molar-refractivity contribution is 6.34. The molecule has 0 fully saturated rings. The zero-order valence-corrected chi connectivity index (χ0v) is 15.5. The number of oxazole rings is 1. The average Bonchev–Trinajstić information content (AvgIpc) is 3.08. The van der Waals surface area contributed by atoms with Gasteiger partial charge < -0.3 is 9.73 Å². The summed E-state index contributed by atoms with van der Waals surface area (Å²) >= 11 is 12.0. The van der Waals surface area contributed by atoms with E-state index in [1.54, 1.807) is 42.5 Å². The third-order valence-corrected chi connectivity index (χ3v) is 4.65. The van der Waals surface area contributed by atoms with Crippen LogP contribution >= 0.6 is 23.2 Å². The quantitative estimate of drug-likeness (QED) is 0.395. The lowest BCUT2D eigenvalue weighted by Crippen LogP contribution is -2.12. The molecule has 0 aliphatic heterocycles. The van der Waals surface area contributed by atoms with Crippen molar-refractivity contribution in [2.24, 2.45) is 0 Å². The molecule has 8 heteroatoms. The fourth-order valence-electron chi connectivity index (χ4n) is 2.65. The van der Waals surface area contributed by atoms with E-state index in [2.05, 4.69) is 10.3 Å². The van der Waals surface area contributed by atoms with E-state index in [1.165, 1.54) is 0 Å². The average molecular weight is 419 g/mol. The number of benzene rings is 3. The number of nitrogens with zero attached hydrogens (tertiary/aromatic N) is 1. The number of carbonyl (C=O) groups excluding carboxylic acids is 1.